The van der Waals surface area contributed by atoms with Crippen LogP contribution < -0.4 is 15.0 Å². The number of rotatable bonds is 7. The minimum atomic E-state index is -0.235. The lowest BCUT2D eigenvalue weighted by Crippen LogP contribution is -2.46. The number of nitrogens with zero attached hydrogens (tertiary/aromatic N) is 3. The molecule has 2 aromatic rings. The molecule has 2 aliphatic heterocycles. The molecule has 0 radical (unpaired) electrons. The third kappa shape index (κ3) is 6.34. The standard InChI is InChI=1S/C28H38N4O3/c1-4-30-14-16-31(17-15-30)25-10-9-23(28(34)32-12-6-5-7-13-32)19-24(25)29-27(33)20-35-26-11-8-21(2)18-22(26)3/h8-11,18-19H,4-7,12-17,20H2,1-3H3,(H,29,33). The van der Waals surface area contributed by atoms with E-state index in [1.54, 1.807) is 0 Å². The zero-order chi connectivity index (χ0) is 24.8. The summed E-state index contributed by atoms with van der Waals surface area (Å²) in [6.45, 7) is 12.5. The van der Waals surface area contributed by atoms with Crippen LogP contribution in [0.25, 0.3) is 0 Å². The van der Waals surface area contributed by atoms with E-state index in [0.717, 1.165) is 75.5 Å². The average molecular weight is 479 g/mol. The molecule has 2 fully saturated rings. The molecule has 0 saturated carbocycles. The third-order valence-electron chi connectivity index (χ3n) is 7.01. The highest BCUT2D eigenvalue weighted by Gasteiger charge is 2.23. The first kappa shape index (κ1) is 25.0. The summed E-state index contributed by atoms with van der Waals surface area (Å²) < 4.78 is 5.81. The molecule has 188 valence electrons. The number of nitrogens with one attached hydrogen (secondary N) is 1. The SMILES string of the molecule is CCN1CCN(c2ccc(C(=O)N3CCCCC3)cc2NC(=O)COc2ccc(C)cc2C)CC1. The molecule has 7 heteroatoms. The smallest absolute Gasteiger partial charge is 0.262 e. The van der Waals surface area contributed by atoms with Crippen LogP contribution in [0.2, 0.25) is 0 Å². The second-order valence-electron chi connectivity index (χ2n) is 9.61. The minimum absolute atomic E-state index is 0.0362. The monoisotopic (exact) mass is 478 g/mol. The average Bonchev–Trinajstić information content (AvgIpc) is 2.88. The molecule has 1 N–H and O–H groups in total. The first-order chi connectivity index (χ1) is 16.9. The van der Waals surface area contributed by atoms with Crippen molar-refractivity contribution in [3.63, 3.8) is 0 Å². The fourth-order valence-corrected chi connectivity index (χ4v) is 4.92. The van der Waals surface area contributed by atoms with Crippen LogP contribution in [0.15, 0.2) is 36.4 Å². The molecule has 35 heavy (non-hydrogen) atoms. The van der Waals surface area contributed by atoms with Gasteiger partial charge in [0.2, 0.25) is 0 Å². The number of hydrogen-bond acceptors (Lipinski definition) is 5. The van der Waals surface area contributed by atoms with E-state index in [-0.39, 0.29) is 18.4 Å². The summed E-state index contributed by atoms with van der Waals surface area (Å²) in [5.41, 5.74) is 4.40. The molecule has 0 atom stereocenters. The van der Waals surface area contributed by atoms with Gasteiger partial charge in [-0.1, -0.05) is 24.6 Å². The van der Waals surface area contributed by atoms with Crippen LogP contribution in [0.1, 0.15) is 47.7 Å². The van der Waals surface area contributed by atoms with Crippen molar-refractivity contribution in [2.75, 3.05) is 62.6 Å². The molecule has 2 heterocycles. The lowest BCUT2D eigenvalue weighted by Gasteiger charge is -2.36. The maximum Gasteiger partial charge on any atom is 0.262 e. The van der Waals surface area contributed by atoms with Crippen LogP contribution in [-0.2, 0) is 4.79 Å². The van der Waals surface area contributed by atoms with Gasteiger partial charge in [-0.3, -0.25) is 9.59 Å². The maximum absolute atomic E-state index is 13.2. The topological polar surface area (TPSA) is 65.1 Å². The molecule has 0 spiro atoms. The van der Waals surface area contributed by atoms with E-state index < -0.39 is 0 Å². The third-order valence-corrected chi connectivity index (χ3v) is 7.01. The van der Waals surface area contributed by atoms with Crippen molar-refractivity contribution in [2.24, 2.45) is 0 Å². The number of likely N-dealkylation sites (N-methyl/N-ethyl adjacent to an activating group) is 1. The Hall–Kier alpha value is -3.06. The Kier molecular flexibility index (Phi) is 8.29. The van der Waals surface area contributed by atoms with Crippen LogP contribution in [0.4, 0.5) is 11.4 Å². The van der Waals surface area contributed by atoms with Crippen LogP contribution in [0.3, 0.4) is 0 Å². The number of carbonyl (C=O) groups excluding carboxylic acids is 2. The van der Waals surface area contributed by atoms with Crippen LogP contribution in [0, 0.1) is 13.8 Å². The van der Waals surface area contributed by atoms with E-state index in [1.807, 2.05) is 55.1 Å². The van der Waals surface area contributed by atoms with Gasteiger partial charge >= 0.3 is 0 Å². The second kappa shape index (κ2) is 11.6. The first-order valence-electron chi connectivity index (χ1n) is 12.8. The van der Waals surface area contributed by atoms with Gasteiger partial charge in [-0.05, 0) is 69.5 Å². The molecule has 2 amide bonds. The highest BCUT2D eigenvalue weighted by molar-refractivity contribution is 6.00. The number of aryl methyl sites for hydroxylation is 2. The predicted octanol–water partition coefficient (Wildman–Crippen LogP) is 4.09. The van der Waals surface area contributed by atoms with Gasteiger partial charge in [-0.15, -0.1) is 0 Å². The number of piperazine rings is 1. The van der Waals surface area contributed by atoms with Gasteiger partial charge in [0.1, 0.15) is 5.75 Å². The number of amides is 2. The summed E-state index contributed by atoms with van der Waals surface area (Å²) in [5.74, 6) is 0.505. The Morgan fingerprint density at radius 2 is 1.66 bits per heavy atom. The molecule has 0 bridgehead atoms. The van der Waals surface area contributed by atoms with Gasteiger partial charge in [0.05, 0.1) is 11.4 Å². The van der Waals surface area contributed by atoms with Crippen molar-refractivity contribution >= 4 is 23.2 Å². The summed E-state index contributed by atoms with van der Waals surface area (Å²) in [7, 11) is 0. The summed E-state index contributed by atoms with van der Waals surface area (Å²) in [6, 6.07) is 11.6. The quantitative estimate of drug-likeness (QED) is 0.649. The van der Waals surface area contributed by atoms with Crippen LogP contribution in [0.5, 0.6) is 5.75 Å². The zero-order valence-corrected chi connectivity index (χ0v) is 21.3. The number of ether oxygens (including phenoxy) is 1. The summed E-state index contributed by atoms with van der Waals surface area (Å²) >= 11 is 0. The number of piperidine rings is 1. The first-order valence-corrected chi connectivity index (χ1v) is 12.8. The van der Waals surface area contributed by atoms with Crippen molar-refractivity contribution in [2.45, 2.75) is 40.0 Å². The molecule has 2 saturated heterocycles. The molecule has 0 aromatic heterocycles. The normalized spacial score (nSPS) is 16.8. The molecular weight excluding hydrogens is 440 g/mol. The number of benzene rings is 2. The number of hydrogen-bond donors (Lipinski definition) is 1. The predicted molar refractivity (Wildman–Crippen MR) is 141 cm³/mol. The highest BCUT2D eigenvalue weighted by atomic mass is 16.5. The molecule has 2 aromatic carbocycles. The van der Waals surface area contributed by atoms with Crippen molar-refractivity contribution in [3.05, 3.63) is 53.1 Å². The van der Waals surface area contributed by atoms with Gasteiger partial charge in [-0.25, -0.2) is 0 Å². The van der Waals surface area contributed by atoms with Gasteiger partial charge in [0, 0.05) is 44.8 Å². The van der Waals surface area contributed by atoms with E-state index in [2.05, 4.69) is 22.0 Å². The van der Waals surface area contributed by atoms with Gasteiger partial charge in [-0.2, -0.15) is 0 Å². The molecule has 2 aliphatic rings. The van der Waals surface area contributed by atoms with Crippen molar-refractivity contribution in [1.82, 2.24) is 9.80 Å². The van der Waals surface area contributed by atoms with Gasteiger partial charge in [0.15, 0.2) is 6.61 Å². The maximum atomic E-state index is 13.2. The summed E-state index contributed by atoms with van der Waals surface area (Å²) in [4.78, 5) is 32.7. The Balaban J connectivity index is 1.51. The van der Waals surface area contributed by atoms with Gasteiger partial charge in [0.25, 0.3) is 11.8 Å². The van der Waals surface area contributed by atoms with E-state index >= 15 is 0 Å². The Morgan fingerprint density at radius 3 is 2.34 bits per heavy atom. The lowest BCUT2D eigenvalue weighted by atomic mass is 10.1. The van der Waals surface area contributed by atoms with Crippen LogP contribution in [-0.4, -0.2) is 74.0 Å². The molecule has 0 unspecified atom stereocenters. The fourth-order valence-electron chi connectivity index (χ4n) is 4.92. The Morgan fingerprint density at radius 1 is 0.914 bits per heavy atom. The van der Waals surface area contributed by atoms with E-state index in [4.69, 9.17) is 4.74 Å². The van der Waals surface area contributed by atoms with E-state index in [0.29, 0.717) is 17.0 Å². The summed E-state index contributed by atoms with van der Waals surface area (Å²) in [5, 5.41) is 3.04. The largest absolute Gasteiger partial charge is 0.483 e. The zero-order valence-electron chi connectivity index (χ0n) is 21.3. The van der Waals surface area contributed by atoms with Crippen molar-refractivity contribution in [3.8, 4) is 5.75 Å². The molecule has 4 rings (SSSR count). The van der Waals surface area contributed by atoms with Gasteiger partial charge < -0.3 is 24.8 Å². The second-order valence-corrected chi connectivity index (χ2v) is 9.61. The Labute approximate surface area is 209 Å². The molecular formula is C28H38N4O3. The molecule has 0 aliphatic carbocycles. The van der Waals surface area contributed by atoms with Crippen molar-refractivity contribution < 1.29 is 14.3 Å². The number of carbonyl (C=O) groups is 2. The van der Waals surface area contributed by atoms with E-state index in [1.165, 1.54) is 6.42 Å². The van der Waals surface area contributed by atoms with E-state index in [9.17, 15) is 9.59 Å². The lowest BCUT2D eigenvalue weighted by molar-refractivity contribution is -0.118. The summed E-state index contributed by atoms with van der Waals surface area (Å²) in [6.07, 6.45) is 3.27. The Bertz CT molecular complexity index is 1040. The number of anilines is 2. The van der Waals surface area contributed by atoms with Crippen LogP contribution >= 0.6 is 0 Å². The molecule has 7 nitrogen and oxygen atoms in total. The van der Waals surface area contributed by atoms with Crippen molar-refractivity contribution in [1.29, 1.82) is 0 Å². The fraction of sp³-hybridized carbons (Fsp3) is 0.500. The highest BCUT2D eigenvalue weighted by Crippen LogP contribution is 2.29. The number of likely N-dealkylation sites (tertiary alicyclic amines) is 1. The minimum Gasteiger partial charge on any atom is -0.483 e.